The molecular weight excluding hydrogens is 360 g/mol. The lowest BCUT2D eigenvalue weighted by molar-refractivity contribution is 0.176. The molecule has 1 atom stereocenters. The van der Waals surface area contributed by atoms with Crippen LogP contribution in [0.3, 0.4) is 0 Å². The summed E-state index contributed by atoms with van der Waals surface area (Å²) in [5, 5.41) is 0. The van der Waals surface area contributed by atoms with E-state index in [1.807, 2.05) is 12.1 Å². The maximum absolute atomic E-state index is 12.7. The summed E-state index contributed by atoms with van der Waals surface area (Å²) in [5.74, 6) is 1.55. The molecule has 1 unspecified atom stereocenters. The molecule has 5 nitrogen and oxygen atoms in total. The molecule has 0 amide bonds. The van der Waals surface area contributed by atoms with Crippen LogP contribution in [0.25, 0.3) is 0 Å². The first-order chi connectivity index (χ1) is 13.1. The van der Waals surface area contributed by atoms with Gasteiger partial charge in [0, 0.05) is 26.2 Å². The van der Waals surface area contributed by atoms with Crippen molar-refractivity contribution >= 4 is 10.0 Å². The number of benzene rings is 2. The number of rotatable bonds is 5. The van der Waals surface area contributed by atoms with Crippen molar-refractivity contribution in [3.05, 3.63) is 60.2 Å². The molecule has 27 heavy (non-hydrogen) atoms. The highest BCUT2D eigenvalue weighted by molar-refractivity contribution is 7.89. The Kier molecular flexibility index (Phi) is 5.48. The van der Waals surface area contributed by atoms with Crippen molar-refractivity contribution in [2.45, 2.75) is 23.7 Å². The van der Waals surface area contributed by atoms with E-state index in [4.69, 9.17) is 4.74 Å². The molecule has 0 aromatic heterocycles. The Morgan fingerprint density at radius 3 is 2.41 bits per heavy atom. The van der Waals surface area contributed by atoms with Gasteiger partial charge < -0.3 is 9.64 Å². The number of para-hydroxylation sites is 1. The number of ether oxygens (including phenoxy) is 1. The molecule has 2 aliphatic heterocycles. The van der Waals surface area contributed by atoms with Crippen LogP contribution < -0.4 is 4.74 Å². The number of nitrogens with zero attached hydrogens (tertiary/aromatic N) is 2. The van der Waals surface area contributed by atoms with Gasteiger partial charge in [0.2, 0.25) is 10.0 Å². The fourth-order valence-electron chi connectivity index (χ4n) is 3.99. The van der Waals surface area contributed by atoms with E-state index in [0.717, 1.165) is 44.8 Å². The molecule has 2 aromatic rings. The summed E-state index contributed by atoms with van der Waals surface area (Å²) in [6.45, 7) is 4.47. The second kappa shape index (κ2) is 8.00. The maximum atomic E-state index is 12.7. The van der Waals surface area contributed by atoms with Crippen LogP contribution in [0.4, 0.5) is 0 Å². The van der Waals surface area contributed by atoms with Gasteiger partial charge in [-0.25, -0.2) is 8.42 Å². The number of hydrogen-bond donors (Lipinski definition) is 0. The molecule has 2 aromatic carbocycles. The van der Waals surface area contributed by atoms with Gasteiger partial charge in [-0.05, 0) is 49.1 Å². The molecule has 4 rings (SSSR count). The minimum atomic E-state index is -3.37. The molecule has 0 aliphatic carbocycles. The molecule has 0 radical (unpaired) electrons. The van der Waals surface area contributed by atoms with E-state index >= 15 is 0 Å². The summed E-state index contributed by atoms with van der Waals surface area (Å²) >= 11 is 0. The summed E-state index contributed by atoms with van der Waals surface area (Å²) in [5.41, 5.74) is 1.31. The van der Waals surface area contributed by atoms with Crippen molar-refractivity contribution in [2.24, 2.45) is 0 Å². The Bertz CT molecular complexity index is 862. The molecule has 0 spiro atoms. The van der Waals surface area contributed by atoms with Crippen molar-refractivity contribution in [2.75, 3.05) is 39.3 Å². The van der Waals surface area contributed by atoms with Crippen molar-refractivity contribution in [1.29, 1.82) is 0 Å². The van der Waals surface area contributed by atoms with Crippen LogP contribution in [-0.4, -0.2) is 57.0 Å². The first-order valence-electron chi connectivity index (χ1n) is 9.64. The van der Waals surface area contributed by atoms with Crippen molar-refractivity contribution in [3.63, 3.8) is 0 Å². The molecule has 0 saturated carbocycles. The molecule has 2 heterocycles. The zero-order valence-electron chi connectivity index (χ0n) is 15.5. The van der Waals surface area contributed by atoms with E-state index in [-0.39, 0.29) is 0 Å². The third-order valence-electron chi connectivity index (χ3n) is 5.59. The fraction of sp³-hybridized carbons (Fsp3) is 0.429. The third-order valence-corrected chi connectivity index (χ3v) is 7.50. The van der Waals surface area contributed by atoms with Crippen molar-refractivity contribution in [1.82, 2.24) is 9.21 Å². The minimum Gasteiger partial charge on any atom is -0.493 e. The van der Waals surface area contributed by atoms with E-state index in [0.29, 0.717) is 23.9 Å². The minimum absolute atomic E-state index is 0.386. The number of piperazine rings is 1. The Morgan fingerprint density at radius 2 is 1.63 bits per heavy atom. The highest BCUT2D eigenvalue weighted by Gasteiger charge is 2.29. The van der Waals surface area contributed by atoms with Gasteiger partial charge in [0.1, 0.15) is 5.75 Å². The fourth-order valence-corrected chi connectivity index (χ4v) is 5.43. The summed E-state index contributed by atoms with van der Waals surface area (Å²) < 4.78 is 32.8. The van der Waals surface area contributed by atoms with Gasteiger partial charge in [-0.2, -0.15) is 4.31 Å². The Balaban J connectivity index is 1.32. The summed E-state index contributed by atoms with van der Waals surface area (Å²) in [7, 11) is -3.37. The van der Waals surface area contributed by atoms with Crippen LogP contribution in [0, 0.1) is 0 Å². The Hall–Kier alpha value is -1.89. The lowest BCUT2D eigenvalue weighted by Crippen LogP contribution is -2.48. The van der Waals surface area contributed by atoms with E-state index in [1.54, 1.807) is 28.6 Å². The van der Waals surface area contributed by atoms with Crippen LogP contribution in [0.1, 0.15) is 24.3 Å². The standard InChI is InChI=1S/C21H26N2O3S/c24-27(25,19-6-2-1-3-7-19)23-15-13-22(14-16-23)12-10-18-11-17-26-21-9-5-4-8-20(18)21/h1-9,18H,10-17H2. The van der Waals surface area contributed by atoms with Crippen LogP contribution in [0.5, 0.6) is 5.75 Å². The predicted octanol–water partition coefficient (Wildman–Crippen LogP) is 2.95. The van der Waals surface area contributed by atoms with Crippen LogP contribution >= 0.6 is 0 Å². The largest absolute Gasteiger partial charge is 0.493 e. The zero-order chi connectivity index (χ0) is 18.7. The molecule has 1 fully saturated rings. The number of sulfonamides is 1. The van der Waals surface area contributed by atoms with Crippen LogP contribution in [0.15, 0.2) is 59.5 Å². The van der Waals surface area contributed by atoms with Gasteiger partial charge in [-0.3, -0.25) is 0 Å². The quantitative estimate of drug-likeness (QED) is 0.793. The van der Waals surface area contributed by atoms with E-state index < -0.39 is 10.0 Å². The topological polar surface area (TPSA) is 49.9 Å². The maximum Gasteiger partial charge on any atom is 0.243 e. The van der Waals surface area contributed by atoms with Crippen molar-refractivity contribution < 1.29 is 13.2 Å². The molecular formula is C21H26N2O3S. The lowest BCUT2D eigenvalue weighted by atomic mass is 9.90. The first kappa shape index (κ1) is 18.5. The SMILES string of the molecule is O=S(=O)(c1ccccc1)N1CCN(CCC2CCOc3ccccc32)CC1. The highest BCUT2D eigenvalue weighted by Crippen LogP contribution is 2.35. The zero-order valence-corrected chi connectivity index (χ0v) is 16.3. The monoisotopic (exact) mass is 386 g/mol. The van der Waals surface area contributed by atoms with Crippen molar-refractivity contribution in [3.8, 4) is 5.75 Å². The molecule has 6 heteroatoms. The summed E-state index contributed by atoms with van der Waals surface area (Å²) in [6, 6.07) is 17.0. The Labute approximate surface area is 161 Å². The molecule has 0 N–H and O–H groups in total. The summed E-state index contributed by atoms with van der Waals surface area (Å²) in [4.78, 5) is 2.77. The molecule has 144 valence electrons. The van der Waals surface area contributed by atoms with Gasteiger partial charge in [0.15, 0.2) is 0 Å². The van der Waals surface area contributed by atoms with Crippen LogP contribution in [0.2, 0.25) is 0 Å². The molecule has 2 aliphatic rings. The van der Waals surface area contributed by atoms with Gasteiger partial charge in [0.25, 0.3) is 0 Å². The van der Waals surface area contributed by atoms with E-state index in [9.17, 15) is 8.42 Å². The number of fused-ring (bicyclic) bond motifs is 1. The normalized spacial score (nSPS) is 21.4. The average molecular weight is 387 g/mol. The second-order valence-corrected chi connectivity index (χ2v) is 9.16. The smallest absolute Gasteiger partial charge is 0.243 e. The number of hydrogen-bond acceptors (Lipinski definition) is 4. The van der Waals surface area contributed by atoms with Crippen LogP contribution in [-0.2, 0) is 10.0 Å². The van der Waals surface area contributed by atoms with Gasteiger partial charge in [-0.1, -0.05) is 36.4 Å². The van der Waals surface area contributed by atoms with Gasteiger partial charge in [-0.15, -0.1) is 0 Å². The lowest BCUT2D eigenvalue weighted by Gasteiger charge is -2.35. The second-order valence-electron chi connectivity index (χ2n) is 7.22. The van der Waals surface area contributed by atoms with E-state index in [1.165, 1.54) is 5.56 Å². The molecule has 1 saturated heterocycles. The highest BCUT2D eigenvalue weighted by atomic mass is 32.2. The third kappa shape index (κ3) is 4.03. The van der Waals surface area contributed by atoms with Gasteiger partial charge in [0.05, 0.1) is 11.5 Å². The van der Waals surface area contributed by atoms with Gasteiger partial charge >= 0.3 is 0 Å². The van der Waals surface area contributed by atoms with E-state index in [2.05, 4.69) is 23.1 Å². The average Bonchev–Trinajstić information content (AvgIpc) is 2.73. The predicted molar refractivity (Wildman–Crippen MR) is 106 cm³/mol. The summed E-state index contributed by atoms with van der Waals surface area (Å²) in [6.07, 6.45) is 2.14. The molecule has 0 bridgehead atoms. The Morgan fingerprint density at radius 1 is 0.926 bits per heavy atom. The first-order valence-corrected chi connectivity index (χ1v) is 11.1.